The molecule has 0 aliphatic heterocycles. The average molecular weight is 242 g/mol. The van der Waals surface area contributed by atoms with Crippen LogP contribution in [-0.4, -0.2) is 9.78 Å². The number of aromatic nitrogens is 2. The zero-order valence-electron chi connectivity index (χ0n) is 8.85. The maximum absolute atomic E-state index is 13.3. The fourth-order valence-electron chi connectivity index (χ4n) is 1.57. The van der Waals surface area contributed by atoms with E-state index >= 15 is 0 Å². The van der Waals surface area contributed by atoms with Gasteiger partial charge in [-0.3, -0.25) is 4.68 Å². The second-order valence-corrected chi connectivity index (χ2v) is 3.39. The van der Waals surface area contributed by atoms with Gasteiger partial charge in [0, 0.05) is 25.4 Å². The van der Waals surface area contributed by atoms with Crippen LogP contribution in [0.1, 0.15) is 5.56 Å². The monoisotopic (exact) mass is 241 g/mol. The van der Waals surface area contributed by atoms with Crippen molar-refractivity contribution >= 4 is 12.4 Å². The van der Waals surface area contributed by atoms with Gasteiger partial charge in [0.2, 0.25) is 0 Å². The van der Waals surface area contributed by atoms with Crippen molar-refractivity contribution in [2.75, 3.05) is 0 Å². The minimum absolute atomic E-state index is 0. The van der Waals surface area contributed by atoms with Gasteiger partial charge in [0.1, 0.15) is 5.82 Å². The highest BCUT2D eigenvalue weighted by Crippen LogP contribution is 2.20. The summed E-state index contributed by atoms with van der Waals surface area (Å²) in [5.74, 6) is -0.269. The number of rotatable bonds is 2. The quantitative estimate of drug-likeness (QED) is 0.875. The van der Waals surface area contributed by atoms with E-state index in [-0.39, 0.29) is 18.2 Å². The molecule has 2 rings (SSSR count). The van der Waals surface area contributed by atoms with Crippen molar-refractivity contribution in [3.63, 3.8) is 0 Å². The van der Waals surface area contributed by atoms with Crippen LogP contribution in [0.3, 0.4) is 0 Å². The highest BCUT2D eigenvalue weighted by Gasteiger charge is 2.05. The van der Waals surface area contributed by atoms with Crippen LogP contribution in [0.25, 0.3) is 11.3 Å². The lowest BCUT2D eigenvalue weighted by molar-refractivity contribution is 0.625. The summed E-state index contributed by atoms with van der Waals surface area (Å²) < 4.78 is 15.0. The number of aryl methyl sites for hydroxylation is 1. The van der Waals surface area contributed by atoms with Crippen LogP contribution in [-0.2, 0) is 13.6 Å². The average Bonchev–Trinajstić information content (AvgIpc) is 2.63. The molecule has 5 heteroatoms. The van der Waals surface area contributed by atoms with Crippen LogP contribution in [0.15, 0.2) is 30.5 Å². The zero-order chi connectivity index (χ0) is 10.8. The topological polar surface area (TPSA) is 43.8 Å². The number of benzene rings is 1. The molecule has 0 saturated heterocycles. The molecule has 0 amide bonds. The van der Waals surface area contributed by atoms with E-state index in [0.29, 0.717) is 6.54 Å². The molecule has 0 fully saturated rings. The van der Waals surface area contributed by atoms with Crippen LogP contribution in [0.5, 0.6) is 0 Å². The fourth-order valence-corrected chi connectivity index (χ4v) is 1.57. The van der Waals surface area contributed by atoms with Gasteiger partial charge in [0.25, 0.3) is 0 Å². The molecule has 2 N–H and O–H groups in total. The Morgan fingerprint density at radius 1 is 1.38 bits per heavy atom. The second kappa shape index (κ2) is 5.09. The molecule has 0 unspecified atom stereocenters. The number of hydrogen-bond donors (Lipinski definition) is 1. The van der Waals surface area contributed by atoms with Crippen molar-refractivity contribution in [2.24, 2.45) is 12.8 Å². The lowest BCUT2D eigenvalue weighted by Gasteiger charge is -2.05. The van der Waals surface area contributed by atoms with Crippen molar-refractivity contribution in [1.29, 1.82) is 0 Å². The van der Waals surface area contributed by atoms with E-state index in [0.717, 1.165) is 16.8 Å². The Labute approximate surface area is 99.5 Å². The van der Waals surface area contributed by atoms with Crippen LogP contribution in [0, 0.1) is 5.82 Å². The Hall–Kier alpha value is -1.39. The van der Waals surface area contributed by atoms with Crippen molar-refractivity contribution in [1.82, 2.24) is 9.78 Å². The largest absolute Gasteiger partial charge is 0.326 e. The number of hydrogen-bond acceptors (Lipinski definition) is 2. The minimum Gasteiger partial charge on any atom is -0.326 e. The molecule has 1 heterocycles. The van der Waals surface area contributed by atoms with Crippen molar-refractivity contribution in [3.05, 3.63) is 41.8 Å². The van der Waals surface area contributed by atoms with Crippen LogP contribution >= 0.6 is 12.4 Å². The summed E-state index contributed by atoms with van der Waals surface area (Å²) >= 11 is 0. The van der Waals surface area contributed by atoms with E-state index in [1.807, 2.05) is 19.2 Å². The molecule has 0 aliphatic carbocycles. The van der Waals surface area contributed by atoms with Gasteiger partial charge < -0.3 is 5.73 Å². The SMILES string of the molecule is Cl.Cn1nccc1-c1cc(F)cc(CN)c1. The van der Waals surface area contributed by atoms with E-state index in [1.165, 1.54) is 12.1 Å². The first-order chi connectivity index (χ1) is 7.20. The van der Waals surface area contributed by atoms with Gasteiger partial charge in [-0.15, -0.1) is 12.4 Å². The van der Waals surface area contributed by atoms with Gasteiger partial charge in [-0.2, -0.15) is 5.10 Å². The lowest BCUT2D eigenvalue weighted by atomic mass is 10.1. The third-order valence-electron chi connectivity index (χ3n) is 2.31. The van der Waals surface area contributed by atoms with Crippen LogP contribution in [0.4, 0.5) is 4.39 Å². The smallest absolute Gasteiger partial charge is 0.124 e. The van der Waals surface area contributed by atoms with Gasteiger partial charge in [0.05, 0.1) is 5.69 Å². The standard InChI is InChI=1S/C11H12FN3.ClH/c1-15-11(2-3-14-15)9-4-8(7-13)5-10(12)6-9;/h2-6H,7,13H2,1H3;1H. The van der Waals surface area contributed by atoms with E-state index < -0.39 is 0 Å². The maximum atomic E-state index is 13.3. The molecule has 0 radical (unpaired) electrons. The predicted octanol–water partition coefficient (Wildman–Crippen LogP) is 2.11. The Kier molecular flexibility index (Phi) is 4.04. The number of nitrogens with zero attached hydrogens (tertiary/aromatic N) is 2. The second-order valence-electron chi connectivity index (χ2n) is 3.39. The third kappa shape index (κ3) is 2.40. The first-order valence-corrected chi connectivity index (χ1v) is 4.68. The highest BCUT2D eigenvalue weighted by atomic mass is 35.5. The third-order valence-corrected chi connectivity index (χ3v) is 2.31. The van der Waals surface area contributed by atoms with E-state index in [4.69, 9.17) is 5.73 Å². The molecule has 3 nitrogen and oxygen atoms in total. The van der Waals surface area contributed by atoms with Crippen LogP contribution in [0.2, 0.25) is 0 Å². The molecular weight excluding hydrogens is 229 g/mol. The summed E-state index contributed by atoms with van der Waals surface area (Å²) in [6, 6.07) is 6.64. The number of halogens is 2. The van der Waals surface area contributed by atoms with E-state index in [1.54, 1.807) is 10.9 Å². The molecule has 0 aliphatic rings. The normalized spacial score (nSPS) is 9.94. The first-order valence-electron chi connectivity index (χ1n) is 4.68. The molecule has 16 heavy (non-hydrogen) atoms. The van der Waals surface area contributed by atoms with Crippen molar-refractivity contribution in [3.8, 4) is 11.3 Å². The summed E-state index contributed by atoms with van der Waals surface area (Å²) in [6.07, 6.45) is 1.68. The van der Waals surface area contributed by atoms with Crippen LogP contribution < -0.4 is 5.73 Å². The molecule has 1 aromatic heterocycles. The Bertz CT molecular complexity index is 482. The highest BCUT2D eigenvalue weighted by molar-refractivity contribution is 5.85. The summed E-state index contributed by atoms with van der Waals surface area (Å²) in [5, 5.41) is 4.04. The molecule has 0 saturated carbocycles. The molecule has 86 valence electrons. The van der Waals surface area contributed by atoms with E-state index in [9.17, 15) is 4.39 Å². The first kappa shape index (κ1) is 12.7. The molecule has 0 atom stereocenters. The van der Waals surface area contributed by atoms with Crippen molar-refractivity contribution in [2.45, 2.75) is 6.54 Å². The van der Waals surface area contributed by atoms with Gasteiger partial charge >= 0.3 is 0 Å². The zero-order valence-corrected chi connectivity index (χ0v) is 9.67. The molecule has 0 bridgehead atoms. The Morgan fingerprint density at radius 2 is 2.12 bits per heavy atom. The van der Waals surface area contributed by atoms with Crippen molar-refractivity contribution < 1.29 is 4.39 Å². The van der Waals surface area contributed by atoms with Gasteiger partial charge in [0.15, 0.2) is 0 Å². The van der Waals surface area contributed by atoms with Gasteiger partial charge in [-0.1, -0.05) is 0 Å². The predicted molar refractivity (Wildman–Crippen MR) is 63.7 cm³/mol. The minimum atomic E-state index is -0.269. The maximum Gasteiger partial charge on any atom is 0.124 e. The fraction of sp³-hybridized carbons (Fsp3) is 0.182. The Morgan fingerprint density at radius 3 is 2.69 bits per heavy atom. The molecule has 0 spiro atoms. The van der Waals surface area contributed by atoms with Gasteiger partial charge in [-0.25, -0.2) is 4.39 Å². The number of nitrogens with two attached hydrogens (primary N) is 1. The lowest BCUT2D eigenvalue weighted by Crippen LogP contribution is -1.99. The molecule has 2 aromatic rings. The van der Waals surface area contributed by atoms with Gasteiger partial charge in [-0.05, 0) is 29.8 Å². The van der Waals surface area contributed by atoms with E-state index in [2.05, 4.69) is 5.10 Å². The summed E-state index contributed by atoms with van der Waals surface area (Å²) in [7, 11) is 1.82. The summed E-state index contributed by atoms with van der Waals surface area (Å²) in [6.45, 7) is 0.336. The molecular formula is C11H13ClFN3. The molecule has 1 aromatic carbocycles. The summed E-state index contributed by atoms with van der Waals surface area (Å²) in [4.78, 5) is 0. The Balaban J connectivity index is 0.00000128. The summed E-state index contributed by atoms with van der Waals surface area (Å²) in [5.41, 5.74) is 7.95.